The second-order valence-corrected chi connectivity index (χ2v) is 7.85. The standard InChI is InChI=1S/C19H34N4O8/c24-16(25)4-2-1-3-12-8-21-14(6-18(28)29)10-23-15(7-19(30)31)11-22-13(9-20-12)5-17(26)27/h12-15,20-23H,1-11H2,(H,24,25)(H,26,27)(H,28,29)(H,30,31). The van der Waals surface area contributed by atoms with E-state index >= 15 is 0 Å². The van der Waals surface area contributed by atoms with Crippen LogP contribution in [-0.4, -0.2) is 94.6 Å². The third kappa shape index (κ3) is 13.6. The lowest BCUT2D eigenvalue weighted by molar-refractivity contribution is -0.139. The minimum absolute atomic E-state index is 0.0693. The van der Waals surface area contributed by atoms with Crippen LogP contribution in [0.25, 0.3) is 0 Å². The van der Waals surface area contributed by atoms with E-state index in [1.54, 1.807) is 0 Å². The van der Waals surface area contributed by atoms with Crippen molar-refractivity contribution in [3.63, 3.8) is 0 Å². The molecule has 0 spiro atoms. The Hall–Kier alpha value is -2.28. The molecule has 12 heteroatoms. The summed E-state index contributed by atoms with van der Waals surface area (Å²) in [4.78, 5) is 44.3. The van der Waals surface area contributed by atoms with Crippen molar-refractivity contribution >= 4 is 23.9 Å². The van der Waals surface area contributed by atoms with E-state index < -0.39 is 42.0 Å². The fraction of sp³-hybridized carbons (Fsp3) is 0.789. The highest BCUT2D eigenvalue weighted by molar-refractivity contribution is 5.68. The zero-order chi connectivity index (χ0) is 23.2. The monoisotopic (exact) mass is 446 g/mol. The van der Waals surface area contributed by atoms with Gasteiger partial charge in [0.15, 0.2) is 0 Å². The molecule has 1 saturated heterocycles. The fourth-order valence-corrected chi connectivity index (χ4v) is 3.46. The van der Waals surface area contributed by atoms with E-state index in [9.17, 15) is 29.4 Å². The highest BCUT2D eigenvalue weighted by atomic mass is 16.4. The number of carboxylic acid groups (broad SMARTS) is 4. The van der Waals surface area contributed by atoms with Crippen molar-refractivity contribution in [2.24, 2.45) is 0 Å². The van der Waals surface area contributed by atoms with Gasteiger partial charge in [-0.15, -0.1) is 0 Å². The molecule has 0 aromatic rings. The quantitative estimate of drug-likeness (QED) is 0.179. The van der Waals surface area contributed by atoms with Gasteiger partial charge in [-0.3, -0.25) is 19.2 Å². The van der Waals surface area contributed by atoms with Gasteiger partial charge in [-0.05, 0) is 12.8 Å². The summed E-state index contributed by atoms with van der Waals surface area (Å²) in [6, 6.07) is -1.44. The highest BCUT2D eigenvalue weighted by Crippen LogP contribution is 2.06. The number of hydrogen-bond donors (Lipinski definition) is 8. The Morgan fingerprint density at radius 3 is 1.26 bits per heavy atom. The maximum atomic E-state index is 11.2. The van der Waals surface area contributed by atoms with E-state index in [1.165, 1.54) is 0 Å². The maximum Gasteiger partial charge on any atom is 0.304 e. The topological polar surface area (TPSA) is 197 Å². The van der Waals surface area contributed by atoms with Crippen molar-refractivity contribution in [2.75, 3.05) is 26.2 Å². The largest absolute Gasteiger partial charge is 0.481 e. The molecule has 1 heterocycles. The van der Waals surface area contributed by atoms with Gasteiger partial charge in [0, 0.05) is 56.8 Å². The summed E-state index contributed by atoms with van der Waals surface area (Å²) in [6.07, 6.45) is 1.41. The molecular weight excluding hydrogens is 412 g/mol. The summed E-state index contributed by atoms with van der Waals surface area (Å²) in [5, 5.41) is 48.9. The summed E-state index contributed by atoms with van der Waals surface area (Å²) in [5.74, 6) is -3.83. The molecule has 31 heavy (non-hydrogen) atoms. The predicted molar refractivity (Wildman–Crippen MR) is 110 cm³/mol. The summed E-state index contributed by atoms with van der Waals surface area (Å²) >= 11 is 0. The molecular formula is C19H34N4O8. The minimum Gasteiger partial charge on any atom is -0.481 e. The fourth-order valence-electron chi connectivity index (χ4n) is 3.46. The van der Waals surface area contributed by atoms with Crippen LogP contribution < -0.4 is 21.3 Å². The van der Waals surface area contributed by atoms with E-state index in [0.717, 1.165) is 0 Å². The minimum atomic E-state index is -1.01. The summed E-state index contributed by atoms with van der Waals surface area (Å²) in [5.41, 5.74) is 0. The summed E-state index contributed by atoms with van der Waals surface area (Å²) in [7, 11) is 0. The SMILES string of the molecule is O=C(O)CCCCC1CNC(CC(=O)O)CNC(CC(=O)O)CNC(CC(=O)O)CN1. The Balaban J connectivity index is 2.84. The molecule has 4 unspecified atom stereocenters. The zero-order valence-electron chi connectivity index (χ0n) is 17.5. The number of nitrogens with one attached hydrogen (secondary N) is 4. The Bertz CT molecular complexity index is 571. The van der Waals surface area contributed by atoms with E-state index in [-0.39, 0.29) is 44.8 Å². The number of unbranched alkanes of at least 4 members (excludes halogenated alkanes) is 1. The molecule has 4 atom stereocenters. The van der Waals surface area contributed by atoms with Crippen molar-refractivity contribution in [3.05, 3.63) is 0 Å². The number of aliphatic carboxylic acids is 4. The molecule has 1 fully saturated rings. The maximum absolute atomic E-state index is 11.2. The van der Waals surface area contributed by atoms with Gasteiger partial charge >= 0.3 is 23.9 Å². The second-order valence-electron chi connectivity index (χ2n) is 7.85. The van der Waals surface area contributed by atoms with Gasteiger partial charge in [0.05, 0.1) is 19.3 Å². The van der Waals surface area contributed by atoms with E-state index in [0.29, 0.717) is 32.4 Å². The van der Waals surface area contributed by atoms with Crippen LogP contribution in [0, 0.1) is 0 Å². The van der Waals surface area contributed by atoms with Gasteiger partial charge in [0.1, 0.15) is 0 Å². The van der Waals surface area contributed by atoms with Crippen molar-refractivity contribution < 1.29 is 39.6 Å². The molecule has 0 saturated carbocycles. The summed E-state index contributed by atoms with van der Waals surface area (Å²) < 4.78 is 0. The van der Waals surface area contributed by atoms with Crippen molar-refractivity contribution in [1.82, 2.24) is 21.3 Å². The molecule has 178 valence electrons. The van der Waals surface area contributed by atoms with Gasteiger partial charge in [-0.2, -0.15) is 0 Å². The van der Waals surface area contributed by atoms with Gasteiger partial charge in [0.25, 0.3) is 0 Å². The van der Waals surface area contributed by atoms with Crippen LogP contribution in [0.3, 0.4) is 0 Å². The molecule has 0 radical (unpaired) electrons. The molecule has 1 rings (SSSR count). The van der Waals surface area contributed by atoms with E-state index in [4.69, 9.17) is 10.2 Å². The van der Waals surface area contributed by atoms with Crippen LogP contribution in [0.2, 0.25) is 0 Å². The molecule has 1 aliphatic rings. The molecule has 0 aromatic heterocycles. The number of rotatable bonds is 11. The lowest BCUT2D eigenvalue weighted by atomic mass is 10.0. The first-order valence-corrected chi connectivity index (χ1v) is 10.5. The summed E-state index contributed by atoms with van der Waals surface area (Å²) in [6.45, 7) is 1.19. The Morgan fingerprint density at radius 2 is 0.903 bits per heavy atom. The van der Waals surface area contributed by atoms with E-state index in [2.05, 4.69) is 21.3 Å². The van der Waals surface area contributed by atoms with Crippen LogP contribution in [0.4, 0.5) is 0 Å². The van der Waals surface area contributed by atoms with Crippen LogP contribution in [0.1, 0.15) is 44.9 Å². The van der Waals surface area contributed by atoms with E-state index in [1.807, 2.05) is 0 Å². The Kier molecular flexibility index (Phi) is 12.7. The number of carbonyl (C=O) groups is 4. The van der Waals surface area contributed by atoms with Gasteiger partial charge < -0.3 is 41.7 Å². The Labute approximate surface area is 180 Å². The van der Waals surface area contributed by atoms with Gasteiger partial charge in [0.2, 0.25) is 0 Å². The predicted octanol–water partition coefficient (Wildman–Crippen LogP) is -1.10. The molecule has 0 aromatic carbocycles. The smallest absolute Gasteiger partial charge is 0.304 e. The van der Waals surface area contributed by atoms with Crippen molar-refractivity contribution in [3.8, 4) is 0 Å². The van der Waals surface area contributed by atoms with Crippen molar-refractivity contribution in [1.29, 1.82) is 0 Å². The first-order chi connectivity index (χ1) is 14.7. The third-order valence-electron chi connectivity index (χ3n) is 5.07. The second kappa shape index (κ2) is 14.7. The van der Waals surface area contributed by atoms with Crippen LogP contribution in [0.15, 0.2) is 0 Å². The average Bonchev–Trinajstić information content (AvgIpc) is 2.65. The average molecular weight is 447 g/mol. The first-order valence-electron chi connectivity index (χ1n) is 10.5. The third-order valence-corrected chi connectivity index (χ3v) is 5.07. The molecule has 0 amide bonds. The van der Waals surface area contributed by atoms with Crippen LogP contribution >= 0.6 is 0 Å². The van der Waals surface area contributed by atoms with Crippen LogP contribution in [-0.2, 0) is 19.2 Å². The lowest BCUT2D eigenvalue weighted by Gasteiger charge is -2.30. The normalized spacial score (nSPS) is 25.7. The van der Waals surface area contributed by atoms with Crippen LogP contribution in [0.5, 0.6) is 0 Å². The zero-order valence-corrected chi connectivity index (χ0v) is 17.5. The molecule has 0 bridgehead atoms. The van der Waals surface area contributed by atoms with Gasteiger partial charge in [-0.25, -0.2) is 0 Å². The molecule has 12 nitrogen and oxygen atoms in total. The Morgan fingerprint density at radius 1 is 0.548 bits per heavy atom. The number of carboxylic acids is 4. The lowest BCUT2D eigenvalue weighted by Crippen LogP contribution is -2.55. The first kappa shape index (κ1) is 26.8. The number of hydrogen-bond acceptors (Lipinski definition) is 8. The molecule has 0 aliphatic carbocycles. The molecule has 8 N–H and O–H groups in total. The van der Waals surface area contributed by atoms with Crippen molar-refractivity contribution in [2.45, 2.75) is 69.1 Å². The van der Waals surface area contributed by atoms with Gasteiger partial charge in [-0.1, -0.05) is 6.42 Å². The molecule has 1 aliphatic heterocycles. The highest BCUT2D eigenvalue weighted by Gasteiger charge is 2.23.